The first-order valence-electron chi connectivity index (χ1n) is 33.7. The lowest BCUT2D eigenvalue weighted by Gasteiger charge is -2.32. The highest BCUT2D eigenvalue weighted by Gasteiger charge is 2.32. The molecule has 8 heteroatoms. The van der Waals surface area contributed by atoms with Crippen LogP contribution >= 0.6 is 0 Å². The Labute approximate surface area is 514 Å². The van der Waals surface area contributed by atoms with Crippen LogP contribution in [0.15, 0.2) is 230 Å². The van der Waals surface area contributed by atoms with Gasteiger partial charge in [0.15, 0.2) is 0 Å². The summed E-state index contributed by atoms with van der Waals surface area (Å²) in [7, 11) is -8.53. The second kappa shape index (κ2) is 21.6. The second-order valence-corrected chi connectivity index (χ2v) is 46.2. The van der Waals surface area contributed by atoms with Gasteiger partial charge in [-0.1, -0.05) is 269 Å². The van der Waals surface area contributed by atoms with Gasteiger partial charge in [0.2, 0.25) is 0 Å². The van der Waals surface area contributed by atoms with E-state index in [0.29, 0.717) is 54.9 Å². The largest absolute Gasteiger partial charge is 0.307 e. The van der Waals surface area contributed by atoms with Gasteiger partial charge in [-0.2, -0.15) is 0 Å². The number of para-hydroxylation sites is 2. The molecule has 0 unspecified atom stereocenters. The van der Waals surface area contributed by atoms with Crippen molar-refractivity contribution in [2.75, 3.05) is 9.80 Å². The predicted octanol–water partition coefficient (Wildman–Crippen LogP) is 20.7. The Morgan fingerprint density at radius 3 is 1.05 bits per heavy atom. The summed E-state index contributed by atoms with van der Waals surface area (Å²) in [5.41, 5.74) is 6.21. The Balaban J connectivity index is 1.20. The molecule has 418 valence electrons. The van der Waals surface area contributed by atoms with E-state index in [0.717, 1.165) is 48.4 Å². The Morgan fingerprint density at radius 2 is 0.643 bits per heavy atom. The van der Waals surface area contributed by atoms with E-state index in [1.165, 1.54) is 21.9 Å². The maximum atomic E-state index is 18.7. The highest BCUT2D eigenvalue weighted by Crippen LogP contribution is 2.51. The number of anilines is 6. The summed E-state index contributed by atoms with van der Waals surface area (Å²) in [6, 6.07) is 48.2. The molecule has 84 heavy (non-hydrogen) atoms. The Bertz CT molecular complexity index is 5030. The maximum Gasteiger partial charge on any atom is 0.147 e. The maximum absolute atomic E-state index is 18.7. The third-order valence-electron chi connectivity index (χ3n) is 16.3. The number of hydrogen-bond acceptors (Lipinski definition) is 2. The first-order chi connectivity index (χ1) is 44.2. The van der Waals surface area contributed by atoms with Crippen LogP contribution in [0.1, 0.15) is 13.7 Å². The summed E-state index contributed by atoms with van der Waals surface area (Å²) in [5, 5.41) is 8.05. The number of benzene rings is 12. The molecule has 0 bridgehead atoms. The summed E-state index contributed by atoms with van der Waals surface area (Å²) in [4.78, 5) is 2.94. The summed E-state index contributed by atoms with van der Waals surface area (Å²) >= 11 is 0. The number of rotatable bonds is 14. The molecule has 0 radical (unpaired) electrons. The molecule has 12 aromatic carbocycles. The van der Waals surface area contributed by atoms with Gasteiger partial charge in [0.05, 0.1) is 68.8 Å². The van der Waals surface area contributed by atoms with Crippen LogP contribution in [0.25, 0.3) is 76.8 Å². The molecule has 0 fully saturated rings. The molecule has 12 rings (SSSR count). The van der Waals surface area contributed by atoms with Gasteiger partial charge in [-0.3, -0.25) is 0 Å². The van der Waals surface area contributed by atoms with Gasteiger partial charge in [-0.15, -0.1) is 0 Å². The molecular weight excluding hydrogens is 1090 g/mol. The zero-order valence-corrected chi connectivity index (χ0v) is 53.8. The van der Waals surface area contributed by atoms with Crippen LogP contribution in [0.5, 0.6) is 0 Å². The zero-order chi connectivity index (χ0) is 67.7. The molecule has 2 nitrogen and oxygen atoms in total. The third kappa shape index (κ3) is 10.3. The van der Waals surface area contributed by atoms with E-state index in [9.17, 15) is 5.48 Å². The highest BCUT2D eigenvalue weighted by atomic mass is 28.3. The van der Waals surface area contributed by atoms with Gasteiger partial charge >= 0.3 is 0 Å². The van der Waals surface area contributed by atoms with Crippen molar-refractivity contribution >= 4 is 119 Å². The van der Waals surface area contributed by atoms with Crippen molar-refractivity contribution in [2.45, 2.75) is 78.6 Å². The fourth-order valence-electron chi connectivity index (χ4n) is 12.5. The molecule has 0 aliphatic heterocycles. The van der Waals surface area contributed by atoms with Gasteiger partial charge in [0, 0.05) is 22.1 Å². The molecule has 0 saturated heterocycles. The van der Waals surface area contributed by atoms with Gasteiger partial charge < -0.3 is 9.80 Å². The molecule has 12 aromatic rings. The van der Waals surface area contributed by atoms with E-state index < -0.39 is 104 Å². The standard InChI is InChI=1S/C76H74F2N2Si4/c1-81(2,3)71-38-23-19-33-55(71)61-47-65(77)69(49-63(61)57-35-21-25-40-73(57)83(7,8)9)79(53-29-15-13-16-30-53)67-45-43-52-46-68(59-37-27-28-51-42-44-60(67)76(52)75(51)59)80(54-31-17-14-18-32-54)70-50-64(58-36-22-26-41-74(58)84(10,11)12)62(48-66(70)78)56-34-20-24-39-72(56)82(4,5)6/h13-50H,1-12H3/i13D,14D,15D,16D,17D,18D,29D,30D,31D,32D. The van der Waals surface area contributed by atoms with E-state index in [1.807, 2.05) is 97.1 Å². The normalized spacial score (nSPS) is 14.1. The molecule has 0 aromatic heterocycles. The second-order valence-electron chi connectivity index (χ2n) is 26.1. The van der Waals surface area contributed by atoms with Crippen molar-refractivity contribution < 1.29 is 22.5 Å². The fraction of sp³-hybridized carbons (Fsp3) is 0.158. The summed E-state index contributed by atoms with van der Waals surface area (Å²) in [6.45, 7) is 27.1. The molecule has 0 amide bonds. The van der Waals surface area contributed by atoms with E-state index in [2.05, 4.69) is 115 Å². The summed E-state index contributed by atoms with van der Waals surface area (Å²) in [5.74, 6) is -1.40. The van der Waals surface area contributed by atoms with Crippen LogP contribution in [0, 0.1) is 11.6 Å². The van der Waals surface area contributed by atoms with Gasteiger partial charge in [0.1, 0.15) is 11.6 Å². The highest BCUT2D eigenvalue weighted by molar-refractivity contribution is 6.91. The summed E-state index contributed by atoms with van der Waals surface area (Å²) in [6.07, 6.45) is 0. The minimum atomic E-state index is -2.16. The van der Waals surface area contributed by atoms with Crippen LogP contribution in [-0.2, 0) is 0 Å². The number of hydrogen-bond donors (Lipinski definition) is 0. The van der Waals surface area contributed by atoms with Crippen molar-refractivity contribution in [2.24, 2.45) is 0 Å². The lowest BCUT2D eigenvalue weighted by atomic mass is 9.90. The number of nitrogens with zero attached hydrogens (tertiary/aromatic N) is 2. The zero-order valence-electron chi connectivity index (χ0n) is 59.8. The Hall–Kier alpha value is -7.99. The molecule has 0 aliphatic carbocycles. The van der Waals surface area contributed by atoms with Crippen LogP contribution < -0.4 is 30.5 Å². The average Bonchev–Trinajstić information content (AvgIpc) is 0.715. The monoisotopic (exact) mass is 1170 g/mol. The minimum Gasteiger partial charge on any atom is -0.307 e. The van der Waals surface area contributed by atoms with E-state index >= 15 is 8.78 Å². The Morgan fingerprint density at radius 1 is 0.298 bits per heavy atom. The smallest absolute Gasteiger partial charge is 0.147 e. The lowest BCUT2D eigenvalue weighted by Crippen LogP contribution is -2.39. The number of halogens is 2. The van der Waals surface area contributed by atoms with Crippen molar-refractivity contribution in [3.8, 4) is 44.5 Å². The molecule has 0 heterocycles. The van der Waals surface area contributed by atoms with Gasteiger partial charge in [-0.05, 0) is 127 Å². The quantitative estimate of drug-likeness (QED) is 0.0791. The van der Waals surface area contributed by atoms with Crippen LogP contribution in [0.4, 0.5) is 42.9 Å². The SMILES string of the molecule is [2H]c1c([2H])c([2H])c(N(c2cc(-c3ccccc3[Si](C)(C)C)c(-c3ccccc3[Si](C)(C)C)cc2F)c2cc3ccc(N(c4cc(-c5ccccc5[Si](C)(C)C)c(-c5ccccc5[Si](C)(C)C)cc4F)c4c([2H])c([2H])c([2H])c([2H])c4[2H])c4ccc5cccc2c5c34)c([2H])c1[2H]. The van der Waals surface area contributed by atoms with Crippen molar-refractivity contribution in [1.82, 2.24) is 0 Å². The first kappa shape index (κ1) is 45.4. The van der Waals surface area contributed by atoms with E-state index in [4.69, 9.17) is 8.22 Å². The predicted molar refractivity (Wildman–Crippen MR) is 373 cm³/mol. The van der Waals surface area contributed by atoms with Crippen molar-refractivity contribution in [3.63, 3.8) is 0 Å². The summed E-state index contributed by atoms with van der Waals surface area (Å²) < 4.78 is 130. The lowest BCUT2D eigenvalue weighted by molar-refractivity contribution is 0.629. The van der Waals surface area contributed by atoms with Crippen LogP contribution in [0.3, 0.4) is 0 Å². The average molecular weight is 1180 g/mol. The third-order valence-corrected chi connectivity index (χ3v) is 24.5. The topological polar surface area (TPSA) is 6.48 Å². The minimum absolute atomic E-state index is 0.0610. The molecule has 0 N–H and O–H groups in total. The molecule has 0 atom stereocenters. The molecule has 0 aliphatic rings. The van der Waals surface area contributed by atoms with Gasteiger partial charge in [0.25, 0.3) is 0 Å². The molecular formula is C76H74F2N2Si4. The van der Waals surface area contributed by atoms with Gasteiger partial charge in [-0.25, -0.2) is 8.78 Å². The van der Waals surface area contributed by atoms with Crippen molar-refractivity contribution in [1.29, 1.82) is 0 Å². The van der Waals surface area contributed by atoms with Crippen LogP contribution in [-0.4, -0.2) is 32.3 Å². The van der Waals surface area contributed by atoms with Crippen LogP contribution in [0.2, 0.25) is 78.6 Å². The first-order valence-corrected chi connectivity index (χ1v) is 42.7. The molecule has 0 saturated carbocycles. The Kier molecular flexibility index (Phi) is 11.7. The van der Waals surface area contributed by atoms with E-state index in [1.54, 1.807) is 24.3 Å². The fourth-order valence-corrected chi connectivity index (χ4v) is 19.0. The molecule has 0 spiro atoms. The van der Waals surface area contributed by atoms with E-state index in [-0.39, 0.29) is 28.4 Å². The van der Waals surface area contributed by atoms with Crippen molar-refractivity contribution in [3.05, 3.63) is 242 Å².